The number of amides is 1. The van der Waals surface area contributed by atoms with Gasteiger partial charge in [0.2, 0.25) is 0 Å². The van der Waals surface area contributed by atoms with Gasteiger partial charge < -0.3 is 20.3 Å². The summed E-state index contributed by atoms with van der Waals surface area (Å²) in [5, 5.41) is 5.86. The molecule has 1 aliphatic rings. The Morgan fingerprint density at radius 2 is 1.86 bits per heavy atom. The number of ether oxygens (including phenoxy) is 1. The number of aromatic nitrogens is 2. The Morgan fingerprint density at radius 3 is 2.62 bits per heavy atom. The molecular weight excluding hydrogens is 373 g/mol. The van der Waals surface area contributed by atoms with Crippen LogP contribution in [-0.4, -0.2) is 42.2 Å². The molecule has 0 bridgehead atoms. The summed E-state index contributed by atoms with van der Waals surface area (Å²) in [6.45, 7) is 2.86. The SMILES string of the molecule is O=C(Nc1ccccc1N1CCOCC1)c1cnc(Nc2cccc(F)c2)cn1. The van der Waals surface area contributed by atoms with Crippen molar-refractivity contribution in [2.45, 2.75) is 0 Å². The van der Waals surface area contributed by atoms with Crippen LogP contribution in [0.2, 0.25) is 0 Å². The van der Waals surface area contributed by atoms with E-state index in [1.807, 2.05) is 24.3 Å². The van der Waals surface area contributed by atoms with Gasteiger partial charge >= 0.3 is 0 Å². The highest BCUT2D eigenvalue weighted by molar-refractivity contribution is 6.04. The van der Waals surface area contributed by atoms with Crippen molar-refractivity contribution in [1.82, 2.24) is 9.97 Å². The summed E-state index contributed by atoms with van der Waals surface area (Å²) in [4.78, 5) is 23.2. The topological polar surface area (TPSA) is 79.4 Å². The average Bonchev–Trinajstić information content (AvgIpc) is 2.75. The third-order valence-corrected chi connectivity index (χ3v) is 4.49. The number of carbonyl (C=O) groups is 1. The summed E-state index contributed by atoms with van der Waals surface area (Å²) in [5.41, 5.74) is 2.40. The molecule has 0 unspecified atom stereocenters. The van der Waals surface area contributed by atoms with Crippen LogP contribution in [0, 0.1) is 5.82 Å². The van der Waals surface area contributed by atoms with Crippen molar-refractivity contribution in [3.05, 3.63) is 72.4 Å². The molecule has 7 nitrogen and oxygen atoms in total. The summed E-state index contributed by atoms with van der Waals surface area (Å²) < 4.78 is 18.7. The number of para-hydroxylation sites is 2. The molecule has 1 saturated heterocycles. The van der Waals surface area contributed by atoms with Crippen LogP contribution in [0.5, 0.6) is 0 Å². The smallest absolute Gasteiger partial charge is 0.275 e. The Hall–Kier alpha value is -3.52. The van der Waals surface area contributed by atoms with Crippen molar-refractivity contribution >= 4 is 28.8 Å². The summed E-state index contributed by atoms with van der Waals surface area (Å²) in [6, 6.07) is 13.7. The molecular formula is C21H20FN5O2. The number of rotatable bonds is 5. The Bertz CT molecular complexity index is 990. The van der Waals surface area contributed by atoms with E-state index in [2.05, 4.69) is 25.5 Å². The van der Waals surface area contributed by atoms with Gasteiger partial charge in [-0.05, 0) is 30.3 Å². The minimum atomic E-state index is -0.351. The molecule has 0 radical (unpaired) electrons. The predicted molar refractivity (Wildman–Crippen MR) is 109 cm³/mol. The summed E-state index contributed by atoms with van der Waals surface area (Å²) in [6.07, 6.45) is 2.82. The Balaban J connectivity index is 1.45. The van der Waals surface area contributed by atoms with E-state index in [1.165, 1.54) is 24.5 Å². The molecule has 1 aromatic heterocycles. The first-order valence-corrected chi connectivity index (χ1v) is 9.27. The van der Waals surface area contributed by atoms with Crippen molar-refractivity contribution in [2.75, 3.05) is 41.8 Å². The fraction of sp³-hybridized carbons (Fsp3) is 0.190. The van der Waals surface area contributed by atoms with Crippen LogP contribution in [0.1, 0.15) is 10.5 Å². The fourth-order valence-corrected chi connectivity index (χ4v) is 3.07. The maximum absolute atomic E-state index is 13.3. The van der Waals surface area contributed by atoms with Crippen molar-refractivity contribution in [3.63, 3.8) is 0 Å². The maximum atomic E-state index is 13.3. The lowest BCUT2D eigenvalue weighted by Gasteiger charge is -2.30. The van der Waals surface area contributed by atoms with Gasteiger partial charge in [0.25, 0.3) is 5.91 Å². The van der Waals surface area contributed by atoms with Gasteiger partial charge in [-0.25, -0.2) is 14.4 Å². The number of nitrogens with one attached hydrogen (secondary N) is 2. The van der Waals surface area contributed by atoms with Gasteiger partial charge in [0.05, 0.1) is 37.0 Å². The number of benzene rings is 2. The van der Waals surface area contributed by atoms with Crippen molar-refractivity contribution in [2.24, 2.45) is 0 Å². The van der Waals surface area contributed by atoms with E-state index in [0.717, 1.165) is 18.8 Å². The lowest BCUT2D eigenvalue weighted by atomic mass is 10.2. The van der Waals surface area contributed by atoms with E-state index in [0.29, 0.717) is 30.4 Å². The maximum Gasteiger partial charge on any atom is 0.275 e. The molecule has 148 valence electrons. The molecule has 2 heterocycles. The first-order valence-electron chi connectivity index (χ1n) is 9.27. The molecule has 2 N–H and O–H groups in total. The molecule has 8 heteroatoms. The lowest BCUT2D eigenvalue weighted by molar-refractivity contribution is 0.102. The third-order valence-electron chi connectivity index (χ3n) is 4.49. The van der Waals surface area contributed by atoms with E-state index < -0.39 is 0 Å². The number of halogens is 1. The standard InChI is InChI=1S/C21H20FN5O2/c22-15-4-3-5-16(12-15)25-20-14-23-18(13-24-20)21(28)26-17-6-1-2-7-19(17)27-8-10-29-11-9-27/h1-7,12-14H,8-11H2,(H,24,25)(H,26,28). The largest absolute Gasteiger partial charge is 0.378 e. The van der Waals surface area contributed by atoms with Gasteiger partial charge in [-0.1, -0.05) is 18.2 Å². The van der Waals surface area contributed by atoms with Crippen molar-refractivity contribution in [1.29, 1.82) is 0 Å². The number of hydrogen-bond donors (Lipinski definition) is 2. The molecule has 4 rings (SSSR count). The van der Waals surface area contributed by atoms with E-state index in [-0.39, 0.29) is 17.4 Å². The highest BCUT2D eigenvalue weighted by Crippen LogP contribution is 2.26. The van der Waals surface area contributed by atoms with Crippen molar-refractivity contribution in [3.8, 4) is 0 Å². The van der Waals surface area contributed by atoms with E-state index in [9.17, 15) is 9.18 Å². The summed E-state index contributed by atoms with van der Waals surface area (Å²) >= 11 is 0. The highest BCUT2D eigenvalue weighted by Gasteiger charge is 2.17. The van der Waals surface area contributed by atoms with E-state index in [4.69, 9.17) is 4.74 Å². The Kier molecular flexibility index (Phi) is 5.62. The summed E-state index contributed by atoms with van der Waals surface area (Å²) in [5.74, 6) is -0.283. The molecule has 1 amide bonds. The molecule has 0 aliphatic carbocycles. The number of nitrogens with zero attached hydrogens (tertiary/aromatic N) is 3. The van der Waals surface area contributed by atoms with Gasteiger partial charge in [0.15, 0.2) is 0 Å². The van der Waals surface area contributed by atoms with Crippen LogP contribution in [0.3, 0.4) is 0 Å². The molecule has 0 spiro atoms. The van der Waals surface area contributed by atoms with E-state index >= 15 is 0 Å². The second-order valence-electron chi connectivity index (χ2n) is 6.49. The monoisotopic (exact) mass is 393 g/mol. The first-order chi connectivity index (χ1) is 14.2. The van der Waals surface area contributed by atoms with Gasteiger partial charge in [0.1, 0.15) is 17.3 Å². The van der Waals surface area contributed by atoms with Crippen LogP contribution in [-0.2, 0) is 4.74 Å². The fourth-order valence-electron chi connectivity index (χ4n) is 3.07. The molecule has 2 aromatic carbocycles. The van der Waals surface area contributed by atoms with Gasteiger partial charge in [-0.15, -0.1) is 0 Å². The molecule has 0 saturated carbocycles. The zero-order valence-corrected chi connectivity index (χ0v) is 15.6. The number of anilines is 4. The first kappa shape index (κ1) is 18.8. The highest BCUT2D eigenvalue weighted by atomic mass is 19.1. The van der Waals surface area contributed by atoms with E-state index in [1.54, 1.807) is 12.1 Å². The molecule has 29 heavy (non-hydrogen) atoms. The molecule has 1 fully saturated rings. The minimum absolute atomic E-state index is 0.187. The zero-order valence-electron chi connectivity index (χ0n) is 15.6. The van der Waals surface area contributed by atoms with Crippen LogP contribution in [0.4, 0.5) is 27.3 Å². The van der Waals surface area contributed by atoms with Gasteiger partial charge in [-0.3, -0.25) is 4.79 Å². The Labute approximate surface area is 167 Å². The second-order valence-corrected chi connectivity index (χ2v) is 6.49. The predicted octanol–water partition coefficient (Wildman–Crippen LogP) is 3.45. The summed E-state index contributed by atoms with van der Waals surface area (Å²) in [7, 11) is 0. The molecule has 0 atom stereocenters. The van der Waals surface area contributed by atoms with Crippen LogP contribution < -0.4 is 15.5 Å². The second kappa shape index (κ2) is 8.66. The normalized spacial score (nSPS) is 13.8. The number of hydrogen-bond acceptors (Lipinski definition) is 6. The minimum Gasteiger partial charge on any atom is -0.378 e. The van der Waals surface area contributed by atoms with Gasteiger partial charge in [0, 0.05) is 18.8 Å². The van der Waals surface area contributed by atoms with Crippen LogP contribution in [0.25, 0.3) is 0 Å². The van der Waals surface area contributed by atoms with Gasteiger partial charge in [-0.2, -0.15) is 0 Å². The molecule has 1 aliphatic heterocycles. The number of morpholine rings is 1. The quantitative estimate of drug-likeness (QED) is 0.691. The molecule has 3 aromatic rings. The number of carbonyl (C=O) groups excluding carboxylic acids is 1. The average molecular weight is 393 g/mol. The Morgan fingerprint density at radius 1 is 1.03 bits per heavy atom. The van der Waals surface area contributed by atoms with Crippen molar-refractivity contribution < 1.29 is 13.9 Å². The lowest BCUT2D eigenvalue weighted by Crippen LogP contribution is -2.36. The van der Waals surface area contributed by atoms with Crippen LogP contribution in [0.15, 0.2) is 60.9 Å². The third kappa shape index (κ3) is 4.67. The van der Waals surface area contributed by atoms with Crippen LogP contribution >= 0.6 is 0 Å². The zero-order chi connectivity index (χ0) is 20.1.